The van der Waals surface area contributed by atoms with E-state index in [0.29, 0.717) is 15.7 Å². The smallest absolute Gasteiger partial charge is 0.0693 e. The number of halogens is 2. The van der Waals surface area contributed by atoms with Gasteiger partial charge in [-0.3, -0.25) is 0 Å². The summed E-state index contributed by atoms with van der Waals surface area (Å²) < 4.78 is 0. The number of hydrogen-bond donors (Lipinski definition) is 2. The second-order valence-electron chi connectivity index (χ2n) is 3.57. The van der Waals surface area contributed by atoms with E-state index >= 15 is 0 Å². The van der Waals surface area contributed by atoms with Gasteiger partial charge in [0.25, 0.3) is 0 Å². The van der Waals surface area contributed by atoms with Gasteiger partial charge in [0.2, 0.25) is 0 Å². The Morgan fingerprint density at radius 1 is 1.33 bits per heavy atom. The molecule has 0 radical (unpaired) electrons. The van der Waals surface area contributed by atoms with Crippen LogP contribution in [0.3, 0.4) is 0 Å². The van der Waals surface area contributed by atoms with Crippen LogP contribution in [0.5, 0.6) is 0 Å². The van der Waals surface area contributed by atoms with Crippen molar-refractivity contribution in [2.45, 2.75) is 26.3 Å². The lowest BCUT2D eigenvalue weighted by Crippen LogP contribution is -2.19. The van der Waals surface area contributed by atoms with Crippen LogP contribution in [-0.2, 0) is 0 Å². The molecule has 1 rings (SSSR count). The summed E-state index contributed by atoms with van der Waals surface area (Å²) in [6.45, 7) is 5.18. The van der Waals surface area contributed by atoms with Crippen molar-refractivity contribution in [1.29, 1.82) is 0 Å². The number of nitrogens with one attached hydrogen (secondary N) is 1. The van der Waals surface area contributed by atoms with Crippen molar-refractivity contribution in [2.75, 3.05) is 12.3 Å². The summed E-state index contributed by atoms with van der Waals surface area (Å²) in [4.78, 5) is 0. The van der Waals surface area contributed by atoms with Gasteiger partial charge in [-0.15, -0.1) is 0 Å². The standard InChI is InChI=1S/C11H16Cl2N2/c1-3-4-15-7(2)8-5-9(12)11(14)10(13)6-8/h5-7,15H,3-4,14H2,1-2H3. The van der Waals surface area contributed by atoms with Crippen LogP contribution in [0.25, 0.3) is 0 Å². The van der Waals surface area contributed by atoms with Crippen LogP contribution in [0.15, 0.2) is 12.1 Å². The largest absolute Gasteiger partial charge is 0.396 e. The molecule has 0 fully saturated rings. The predicted molar refractivity (Wildman–Crippen MR) is 67.6 cm³/mol. The Bertz CT molecular complexity index is 316. The van der Waals surface area contributed by atoms with E-state index in [1.165, 1.54) is 0 Å². The minimum absolute atomic E-state index is 0.237. The third-order valence-electron chi connectivity index (χ3n) is 2.30. The normalized spacial score (nSPS) is 12.8. The van der Waals surface area contributed by atoms with Gasteiger partial charge in [0.05, 0.1) is 15.7 Å². The van der Waals surface area contributed by atoms with Gasteiger partial charge < -0.3 is 11.1 Å². The first-order valence-electron chi connectivity index (χ1n) is 5.04. The quantitative estimate of drug-likeness (QED) is 0.797. The first kappa shape index (κ1) is 12.6. The van der Waals surface area contributed by atoms with Gasteiger partial charge in [-0.05, 0) is 37.6 Å². The summed E-state index contributed by atoms with van der Waals surface area (Å²) >= 11 is 11.9. The predicted octanol–water partition coefficient (Wildman–Crippen LogP) is 3.64. The van der Waals surface area contributed by atoms with E-state index in [9.17, 15) is 0 Å². The van der Waals surface area contributed by atoms with Gasteiger partial charge in [0.15, 0.2) is 0 Å². The van der Waals surface area contributed by atoms with Crippen molar-refractivity contribution in [1.82, 2.24) is 5.32 Å². The van der Waals surface area contributed by atoms with Crippen molar-refractivity contribution in [2.24, 2.45) is 0 Å². The maximum atomic E-state index is 5.96. The van der Waals surface area contributed by atoms with E-state index in [1.807, 2.05) is 12.1 Å². The Morgan fingerprint density at radius 2 is 1.87 bits per heavy atom. The Hall–Kier alpha value is -0.440. The summed E-state index contributed by atoms with van der Waals surface area (Å²) in [5.74, 6) is 0. The third-order valence-corrected chi connectivity index (χ3v) is 2.93. The summed E-state index contributed by atoms with van der Waals surface area (Å²) in [5, 5.41) is 4.40. The number of benzene rings is 1. The number of anilines is 1. The Balaban J connectivity index is 2.86. The highest BCUT2D eigenvalue weighted by Crippen LogP contribution is 2.31. The van der Waals surface area contributed by atoms with Crippen LogP contribution in [0.1, 0.15) is 31.9 Å². The van der Waals surface area contributed by atoms with E-state index in [-0.39, 0.29) is 6.04 Å². The second-order valence-corrected chi connectivity index (χ2v) is 4.39. The lowest BCUT2D eigenvalue weighted by molar-refractivity contribution is 0.571. The Kier molecular flexibility index (Phi) is 4.71. The molecule has 1 atom stereocenters. The van der Waals surface area contributed by atoms with Gasteiger partial charge >= 0.3 is 0 Å². The van der Waals surface area contributed by atoms with Crippen molar-refractivity contribution < 1.29 is 0 Å². The van der Waals surface area contributed by atoms with Crippen LogP contribution in [0.4, 0.5) is 5.69 Å². The minimum Gasteiger partial charge on any atom is -0.396 e. The van der Waals surface area contributed by atoms with E-state index in [4.69, 9.17) is 28.9 Å². The molecule has 1 aromatic carbocycles. The highest BCUT2D eigenvalue weighted by Gasteiger charge is 2.09. The number of rotatable bonds is 4. The van der Waals surface area contributed by atoms with Crippen LogP contribution in [0.2, 0.25) is 10.0 Å². The average Bonchev–Trinajstić information content (AvgIpc) is 2.21. The fraction of sp³-hybridized carbons (Fsp3) is 0.455. The van der Waals surface area contributed by atoms with Gasteiger partial charge in [-0.25, -0.2) is 0 Å². The molecule has 0 heterocycles. The molecule has 0 aliphatic carbocycles. The van der Waals surface area contributed by atoms with E-state index in [0.717, 1.165) is 18.5 Å². The molecule has 1 unspecified atom stereocenters. The van der Waals surface area contributed by atoms with Crippen LogP contribution in [-0.4, -0.2) is 6.54 Å². The molecule has 0 spiro atoms. The minimum atomic E-state index is 0.237. The molecule has 4 heteroatoms. The zero-order chi connectivity index (χ0) is 11.4. The second kappa shape index (κ2) is 5.59. The van der Waals surface area contributed by atoms with Gasteiger partial charge in [0.1, 0.15) is 0 Å². The summed E-state index contributed by atoms with van der Waals surface area (Å²) in [6.07, 6.45) is 1.10. The van der Waals surface area contributed by atoms with Crippen LogP contribution in [0, 0.1) is 0 Å². The molecule has 0 saturated heterocycles. The molecule has 0 aromatic heterocycles. The fourth-order valence-corrected chi connectivity index (χ4v) is 1.84. The molecule has 2 nitrogen and oxygen atoms in total. The number of nitrogens with two attached hydrogens (primary N) is 1. The maximum absolute atomic E-state index is 5.96. The molecule has 15 heavy (non-hydrogen) atoms. The van der Waals surface area contributed by atoms with Gasteiger partial charge in [-0.1, -0.05) is 30.1 Å². The molecular formula is C11H16Cl2N2. The first-order valence-corrected chi connectivity index (χ1v) is 5.79. The molecule has 84 valence electrons. The van der Waals surface area contributed by atoms with Crippen molar-refractivity contribution in [3.05, 3.63) is 27.7 Å². The average molecular weight is 247 g/mol. The molecule has 0 aliphatic rings. The van der Waals surface area contributed by atoms with Crippen molar-refractivity contribution >= 4 is 28.9 Å². The van der Waals surface area contributed by atoms with Crippen LogP contribution < -0.4 is 11.1 Å². The molecule has 0 aliphatic heterocycles. The molecule has 0 amide bonds. The molecule has 1 aromatic rings. The third kappa shape index (κ3) is 3.26. The van der Waals surface area contributed by atoms with E-state index in [1.54, 1.807) is 0 Å². The lowest BCUT2D eigenvalue weighted by atomic mass is 10.1. The Morgan fingerprint density at radius 3 is 2.33 bits per heavy atom. The van der Waals surface area contributed by atoms with E-state index < -0.39 is 0 Å². The van der Waals surface area contributed by atoms with Gasteiger partial charge in [-0.2, -0.15) is 0 Å². The topological polar surface area (TPSA) is 38.0 Å². The Labute approximate surface area is 101 Å². The summed E-state index contributed by atoms with van der Waals surface area (Å²) in [5.41, 5.74) is 7.18. The SMILES string of the molecule is CCCNC(C)c1cc(Cl)c(N)c(Cl)c1. The lowest BCUT2D eigenvalue weighted by Gasteiger charge is -2.15. The molecular weight excluding hydrogens is 231 g/mol. The zero-order valence-electron chi connectivity index (χ0n) is 8.98. The monoisotopic (exact) mass is 246 g/mol. The summed E-state index contributed by atoms with van der Waals surface area (Å²) in [7, 11) is 0. The van der Waals surface area contributed by atoms with Crippen LogP contribution >= 0.6 is 23.2 Å². The first-order chi connectivity index (χ1) is 7.06. The maximum Gasteiger partial charge on any atom is 0.0693 e. The van der Waals surface area contributed by atoms with E-state index in [2.05, 4.69) is 19.2 Å². The summed E-state index contributed by atoms with van der Waals surface area (Å²) in [6, 6.07) is 3.95. The number of hydrogen-bond acceptors (Lipinski definition) is 2. The number of nitrogen functional groups attached to an aromatic ring is 1. The van der Waals surface area contributed by atoms with Crippen molar-refractivity contribution in [3.8, 4) is 0 Å². The molecule has 3 N–H and O–H groups in total. The van der Waals surface area contributed by atoms with Crippen molar-refractivity contribution in [3.63, 3.8) is 0 Å². The zero-order valence-corrected chi connectivity index (χ0v) is 10.5. The highest BCUT2D eigenvalue weighted by atomic mass is 35.5. The molecule has 0 saturated carbocycles. The fourth-order valence-electron chi connectivity index (χ4n) is 1.33. The highest BCUT2D eigenvalue weighted by molar-refractivity contribution is 6.38. The molecule has 0 bridgehead atoms. The van der Waals surface area contributed by atoms with Gasteiger partial charge in [0, 0.05) is 6.04 Å².